The fraction of sp³-hybridized carbons (Fsp3) is 0.240. The molecule has 4 aromatic heterocycles. The highest BCUT2D eigenvalue weighted by molar-refractivity contribution is 5.83. The summed E-state index contributed by atoms with van der Waals surface area (Å²) in [6, 6.07) is 10.3. The number of benzene rings is 1. The van der Waals surface area contributed by atoms with Crippen LogP contribution in [0.1, 0.15) is 37.4 Å². The topological polar surface area (TPSA) is 83.4 Å². The summed E-state index contributed by atoms with van der Waals surface area (Å²) in [5, 5.41) is 8.74. The van der Waals surface area contributed by atoms with Crippen molar-refractivity contribution in [1.82, 2.24) is 33.9 Å². The van der Waals surface area contributed by atoms with Gasteiger partial charge in [0.25, 0.3) is 5.56 Å². The molecule has 0 aliphatic heterocycles. The van der Waals surface area contributed by atoms with Crippen molar-refractivity contribution in [3.8, 4) is 23.0 Å². The van der Waals surface area contributed by atoms with Crippen molar-refractivity contribution in [2.75, 3.05) is 0 Å². The third kappa shape index (κ3) is 3.86. The van der Waals surface area contributed by atoms with Crippen LogP contribution < -0.4 is 5.56 Å². The van der Waals surface area contributed by atoms with Crippen LogP contribution in [-0.4, -0.2) is 40.0 Å². The van der Waals surface area contributed by atoms with Crippen molar-refractivity contribution in [3.63, 3.8) is 0 Å². The molecule has 0 radical (unpaired) electrons. The number of aromatic nitrogens is 7. The van der Waals surface area contributed by atoms with E-state index in [0.29, 0.717) is 11.3 Å². The van der Waals surface area contributed by atoms with Gasteiger partial charge in [-0.15, -0.1) is 10.2 Å². The number of hydrogen-bond donors (Lipinski definition) is 0. The van der Waals surface area contributed by atoms with E-state index >= 15 is 0 Å². The predicted molar refractivity (Wildman–Crippen MR) is 126 cm³/mol. The van der Waals surface area contributed by atoms with E-state index in [9.17, 15) is 18.0 Å². The first-order valence-electron chi connectivity index (χ1n) is 11.4. The Bertz CT molecular complexity index is 1650. The van der Waals surface area contributed by atoms with Gasteiger partial charge in [0.2, 0.25) is 0 Å². The molecule has 1 fully saturated rings. The minimum atomic E-state index is -4.48. The van der Waals surface area contributed by atoms with Crippen molar-refractivity contribution < 1.29 is 13.2 Å². The zero-order valence-corrected chi connectivity index (χ0v) is 19.1. The minimum absolute atomic E-state index is 0.0376. The van der Waals surface area contributed by atoms with Gasteiger partial charge in [-0.1, -0.05) is 12.1 Å². The van der Waals surface area contributed by atoms with Crippen LogP contribution in [-0.2, 0) is 0 Å². The lowest BCUT2D eigenvalue weighted by atomic mass is 10.1. The van der Waals surface area contributed by atoms with E-state index < -0.39 is 12.2 Å². The van der Waals surface area contributed by atoms with Crippen molar-refractivity contribution >= 4 is 10.8 Å². The van der Waals surface area contributed by atoms with Gasteiger partial charge in [-0.2, -0.15) is 13.2 Å². The normalized spacial score (nSPS) is 14.9. The van der Waals surface area contributed by atoms with Crippen molar-refractivity contribution in [2.24, 2.45) is 0 Å². The number of pyridine rings is 2. The molecule has 1 atom stereocenters. The zero-order valence-electron chi connectivity index (χ0n) is 19.1. The Balaban J connectivity index is 1.40. The van der Waals surface area contributed by atoms with Crippen LogP contribution in [0.3, 0.4) is 0 Å². The number of imidazole rings is 1. The highest BCUT2D eigenvalue weighted by Gasteiger charge is 2.38. The number of halogens is 3. The number of rotatable bonds is 5. The molecule has 0 spiro atoms. The van der Waals surface area contributed by atoms with Crippen molar-refractivity contribution in [3.05, 3.63) is 83.6 Å². The van der Waals surface area contributed by atoms with Crippen LogP contribution >= 0.6 is 0 Å². The van der Waals surface area contributed by atoms with Gasteiger partial charge in [-0.3, -0.25) is 9.36 Å². The van der Waals surface area contributed by atoms with Gasteiger partial charge in [0.15, 0.2) is 5.82 Å². The maximum atomic E-state index is 13.5. The molecule has 11 heteroatoms. The molecule has 6 rings (SSSR count). The number of hydrogen-bond acceptors (Lipinski definition) is 5. The number of fused-ring (bicyclic) bond motifs is 1. The quantitative estimate of drug-likeness (QED) is 0.352. The molecule has 0 bridgehead atoms. The minimum Gasteiger partial charge on any atom is -0.306 e. The summed E-state index contributed by atoms with van der Waals surface area (Å²) >= 11 is 0. The van der Waals surface area contributed by atoms with Gasteiger partial charge in [0.05, 0.1) is 12.0 Å². The van der Waals surface area contributed by atoms with Gasteiger partial charge < -0.3 is 9.13 Å². The van der Waals surface area contributed by atoms with Crippen LogP contribution in [0.15, 0.2) is 72.3 Å². The van der Waals surface area contributed by atoms with E-state index in [-0.39, 0.29) is 22.9 Å². The van der Waals surface area contributed by atoms with E-state index in [1.807, 2.05) is 22.9 Å². The zero-order chi connectivity index (χ0) is 25.0. The standard InChI is InChI=1S/C25H20F3N7O/c1-15(25(26,27)28)35-14-30-32-23(35)20-3-2-4-22(31-20)34-10-9-16-7-8-18(11-19(16)24(34)36)33-12-21(29-13-33)17-5-6-17/h2-4,7-15,17H,5-6H2,1H3/t15-/m0/s1. The van der Waals surface area contributed by atoms with Crippen molar-refractivity contribution in [1.29, 1.82) is 0 Å². The molecule has 0 saturated heterocycles. The maximum absolute atomic E-state index is 13.5. The molecule has 1 aliphatic carbocycles. The summed E-state index contributed by atoms with van der Waals surface area (Å²) in [7, 11) is 0. The maximum Gasteiger partial charge on any atom is 0.408 e. The molecule has 0 unspecified atom stereocenters. The fourth-order valence-electron chi connectivity index (χ4n) is 4.19. The molecule has 1 aromatic carbocycles. The molecule has 1 aliphatic rings. The first kappa shape index (κ1) is 22.2. The first-order chi connectivity index (χ1) is 17.3. The van der Waals surface area contributed by atoms with Crippen LogP contribution in [0.2, 0.25) is 0 Å². The third-order valence-corrected chi connectivity index (χ3v) is 6.46. The molecule has 0 amide bonds. The molecule has 4 heterocycles. The summed E-state index contributed by atoms with van der Waals surface area (Å²) in [6.07, 6.45) is 4.19. The highest BCUT2D eigenvalue weighted by atomic mass is 19.4. The van der Waals surface area contributed by atoms with Crippen molar-refractivity contribution in [2.45, 2.75) is 37.9 Å². The van der Waals surface area contributed by atoms with Gasteiger partial charge in [0, 0.05) is 29.4 Å². The molecule has 182 valence electrons. The Morgan fingerprint density at radius 3 is 2.69 bits per heavy atom. The second kappa shape index (κ2) is 8.14. The second-order valence-electron chi connectivity index (χ2n) is 8.90. The molecular formula is C25H20F3N7O. The monoisotopic (exact) mass is 491 g/mol. The van der Waals surface area contributed by atoms with E-state index in [1.54, 1.807) is 36.8 Å². The van der Waals surface area contributed by atoms with Crippen LogP contribution in [0.25, 0.3) is 33.8 Å². The van der Waals surface area contributed by atoms with Crippen LogP contribution in [0.5, 0.6) is 0 Å². The fourth-order valence-corrected chi connectivity index (χ4v) is 4.19. The average molecular weight is 491 g/mol. The third-order valence-electron chi connectivity index (χ3n) is 6.46. The molecule has 1 saturated carbocycles. The molecule has 0 N–H and O–H groups in total. The van der Waals surface area contributed by atoms with Crippen LogP contribution in [0, 0.1) is 0 Å². The summed E-state index contributed by atoms with van der Waals surface area (Å²) in [5.41, 5.74) is 1.74. The molecular weight excluding hydrogens is 471 g/mol. The Kier molecular flexibility index (Phi) is 5.02. The van der Waals surface area contributed by atoms with Gasteiger partial charge in [-0.05, 0) is 55.5 Å². The number of nitrogens with zero attached hydrogens (tertiary/aromatic N) is 7. The van der Waals surface area contributed by atoms with Gasteiger partial charge in [0.1, 0.15) is 23.9 Å². The average Bonchev–Trinajstić information content (AvgIpc) is 3.39. The molecule has 5 aromatic rings. The summed E-state index contributed by atoms with van der Waals surface area (Å²) in [5.74, 6) is 0.745. The van der Waals surface area contributed by atoms with Crippen LogP contribution in [0.4, 0.5) is 13.2 Å². The largest absolute Gasteiger partial charge is 0.408 e. The van der Waals surface area contributed by atoms with E-state index in [2.05, 4.69) is 20.2 Å². The SMILES string of the molecule is C[C@H](n1cnnc1-c1cccc(-n2ccc3ccc(-n4cnc(C5CC5)c4)cc3c2=O)n1)C(F)(F)F. The smallest absolute Gasteiger partial charge is 0.306 e. The summed E-state index contributed by atoms with van der Waals surface area (Å²) < 4.78 is 44.1. The Hall–Kier alpha value is -4.28. The second-order valence-corrected chi connectivity index (χ2v) is 8.90. The Morgan fingerprint density at radius 1 is 1.08 bits per heavy atom. The lowest BCUT2D eigenvalue weighted by molar-refractivity contribution is -0.162. The lowest BCUT2D eigenvalue weighted by Gasteiger charge is -2.18. The van der Waals surface area contributed by atoms with Gasteiger partial charge in [-0.25, -0.2) is 9.97 Å². The Morgan fingerprint density at radius 2 is 1.92 bits per heavy atom. The molecule has 36 heavy (non-hydrogen) atoms. The Labute approximate surface area is 202 Å². The number of alkyl halides is 3. The predicted octanol–water partition coefficient (Wildman–Crippen LogP) is 4.83. The lowest BCUT2D eigenvalue weighted by Crippen LogP contribution is -2.24. The summed E-state index contributed by atoms with van der Waals surface area (Å²) in [4.78, 5) is 22.4. The highest BCUT2D eigenvalue weighted by Crippen LogP contribution is 2.39. The van der Waals surface area contributed by atoms with E-state index in [4.69, 9.17) is 0 Å². The van der Waals surface area contributed by atoms with E-state index in [0.717, 1.165) is 47.4 Å². The van der Waals surface area contributed by atoms with Gasteiger partial charge >= 0.3 is 6.18 Å². The summed E-state index contributed by atoms with van der Waals surface area (Å²) in [6.45, 7) is 1.02. The van der Waals surface area contributed by atoms with E-state index in [1.165, 1.54) is 10.6 Å². The molecule has 8 nitrogen and oxygen atoms in total. The first-order valence-corrected chi connectivity index (χ1v) is 11.4.